The maximum atomic E-state index is 5.87. The summed E-state index contributed by atoms with van der Waals surface area (Å²) in [6.07, 6.45) is 4.89. The van der Waals surface area contributed by atoms with Gasteiger partial charge in [0.05, 0.1) is 13.2 Å². The van der Waals surface area contributed by atoms with E-state index in [2.05, 4.69) is 38.8 Å². The molecule has 0 amide bonds. The molecule has 1 unspecified atom stereocenters. The van der Waals surface area contributed by atoms with Gasteiger partial charge >= 0.3 is 0 Å². The predicted octanol–water partition coefficient (Wildman–Crippen LogP) is 3.95. The van der Waals surface area contributed by atoms with Gasteiger partial charge < -0.3 is 9.47 Å². The summed E-state index contributed by atoms with van der Waals surface area (Å²) < 4.78 is 11.7. The first-order valence-electron chi connectivity index (χ1n) is 6.62. The van der Waals surface area contributed by atoms with E-state index in [4.69, 9.17) is 9.47 Å². The van der Waals surface area contributed by atoms with E-state index in [1.54, 1.807) is 0 Å². The highest BCUT2D eigenvalue weighted by Crippen LogP contribution is 2.43. The highest BCUT2D eigenvalue weighted by atomic mass is 16.7. The molecule has 2 nitrogen and oxygen atoms in total. The van der Waals surface area contributed by atoms with Crippen molar-refractivity contribution in [1.82, 2.24) is 0 Å². The minimum absolute atomic E-state index is 0.0455. The molecule has 0 bridgehead atoms. The normalized spacial score (nSPS) is 23.2. The van der Waals surface area contributed by atoms with E-state index in [0.717, 1.165) is 6.42 Å². The van der Waals surface area contributed by atoms with E-state index in [0.29, 0.717) is 25.0 Å². The second kappa shape index (κ2) is 5.88. The average molecular weight is 250 g/mol. The maximum absolute atomic E-state index is 5.87. The smallest absolute Gasteiger partial charge is 0.162 e. The second-order valence-electron chi connectivity index (χ2n) is 5.97. The fraction of sp³-hybridized carbons (Fsp3) is 0.688. The van der Waals surface area contributed by atoms with E-state index in [1.165, 1.54) is 0 Å². The Balaban J connectivity index is 2.99. The zero-order valence-corrected chi connectivity index (χ0v) is 12.2. The molecule has 102 valence electrons. The number of hydrogen-bond donors (Lipinski definition) is 0. The average Bonchev–Trinajstić information content (AvgIpc) is 2.29. The summed E-state index contributed by atoms with van der Waals surface area (Å²) in [6.45, 7) is 17.3. The molecule has 1 aliphatic rings. The second-order valence-corrected chi connectivity index (χ2v) is 5.97. The summed E-state index contributed by atoms with van der Waals surface area (Å²) in [4.78, 5) is 0. The topological polar surface area (TPSA) is 18.5 Å². The van der Waals surface area contributed by atoms with Crippen LogP contribution in [0, 0.1) is 17.3 Å². The Morgan fingerprint density at radius 1 is 1.28 bits per heavy atom. The SMILES string of the molecule is C=C=CC(C(C)C)C1(CC=C)COC(C)(C)OC1. The van der Waals surface area contributed by atoms with Crippen LogP contribution in [-0.4, -0.2) is 19.0 Å². The van der Waals surface area contributed by atoms with Gasteiger partial charge in [0.1, 0.15) is 0 Å². The molecule has 0 radical (unpaired) electrons. The van der Waals surface area contributed by atoms with Crippen molar-refractivity contribution >= 4 is 0 Å². The third-order valence-corrected chi connectivity index (χ3v) is 3.69. The largest absolute Gasteiger partial charge is 0.350 e. The molecule has 1 heterocycles. The molecular formula is C16H26O2. The Morgan fingerprint density at radius 3 is 2.22 bits per heavy atom. The zero-order valence-electron chi connectivity index (χ0n) is 12.2. The summed E-state index contributed by atoms with van der Waals surface area (Å²) in [6, 6.07) is 0. The molecule has 1 fully saturated rings. The maximum Gasteiger partial charge on any atom is 0.162 e. The van der Waals surface area contributed by atoms with Gasteiger partial charge in [0.25, 0.3) is 0 Å². The van der Waals surface area contributed by atoms with Crippen LogP contribution in [0.2, 0.25) is 0 Å². The van der Waals surface area contributed by atoms with Crippen molar-refractivity contribution in [3.05, 3.63) is 31.0 Å². The summed E-state index contributed by atoms with van der Waals surface area (Å²) >= 11 is 0. The van der Waals surface area contributed by atoms with E-state index in [9.17, 15) is 0 Å². The molecular weight excluding hydrogens is 224 g/mol. The van der Waals surface area contributed by atoms with Gasteiger partial charge in [-0.3, -0.25) is 0 Å². The Morgan fingerprint density at radius 2 is 1.83 bits per heavy atom. The predicted molar refractivity (Wildman–Crippen MR) is 75.3 cm³/mol. The highest BCUT2D eigenvalue weighted by molar-refractivity contribution is 5.03. The summed E-state index contributed by atoms with van der Waals surface area (Å²) in [5.74, 6) is 0.348. The van der Waals surface area contributed by atoms with E-state index in [-0.39, 0.29) is 5.41 Å². The first kappa shape index (κ1) is 15.2. The lowest BCUT2D eigenvalue weighted by Gasteiger charge is -2.47. The van der Waals surface area contributed by atoms with Gasteiger partial charge in [-0.05, 0) is 38.2 Å². The highest BCUT2D eigenvalue weighted by Gasteiger charge is 2.44. The molecule has 1 saturated heterocycles. The fourth-order valence-corrected chi connectivity index (χ4v) is 2.66. The molecule has 0 aromatic heterocycles. The van der Waals surface area contributed by atoms with Crippen molar-refractivity contribution in [1.29, 1.82) is 0 Å². The first-order valence-corrected chi connectivity index (χ1v) is 6.62. The third kappa shape index (κ3) is 3.35. The summed E-state index contributed by atoms with van der Waals surface area (Å²) in [7, 11) is 0. The molecule has 0 aromatic rings. The molecule has 1 rings (SSSR count). The van der Waals surface area contributed by atoms with Crippen LogP contribution in [-0.2, 0) is 9.47 Å². The van der Waals surface area contributed by atoms with Crippen LogP contribution >= 0.6 is 0 Å². The summed E-state index contributed by atoms with van der Waals surface area (Å²) in [5, 5.41) is 0. The molecule has 0 aliphatic carbocycles. The number of allylic oxidation sites excluding steroid dienone is 2. The monoisotopic (exact) mass is 250 g/mol. The lowest BCUT2D eigenvalue weighted by atomic mass is 9.68. The van der Waals surface area contributed by atoms with Gasteiger partial charge in [-0.2, -0.15) is 0 Å². The van der Waals surface area contributed by atoms with Crippen LogP contribution in [0.5, 0.6) is 0 Å². The van der Waals surface area contributed by atoms with Gasteiger partial charge in [0.15, 0.2) is 5.79 Å². The standard InChI is InChI=1S/C16H26O2/c1-7-9-14(13(3)4)16(10-8-2)11-17-15(5,6)18-12-16/h8-9,13-14H,1-2,10-12H2,3-6H3. The minimum atomic E-state index is -0.482. The Hall–Kier alpha value is -0.820. The molecule has 1 aliphatic heterocycles. The van der Waals surface area contributed by atoms with Gasteiger partial charge in [0.2, 0.25) is 0 Å². The quantitative estimate of drug-likeness (QED) is 0.543. The number of rotatable bonds is 5. The molecule has 0 saturated carbocycles. The van der Waals surface area contributed by atoms with Crippen molar-refractivity contribution in [3.63, 3.8) is 0 Å². The van der Waals surface area contributed by atoms with E-state index >= 15 is 0 Å². The Labute approximate surface area is 111 Å². The van der Waals surface area contributed by atoms with Crippen molar-refractivity contribution in [2.75, 3.05) is 13.2 Å². The van der Waals surface area contributed by atoms with Crippen molar-refractivity contribution in [3.8, 4) is 0 Å². The van der Waals surface area contributed by atoms with Crippen LogP contribution in [0.4, 0.5) is 0 Å². The number of ether oxygens (including phenoxy) is 2. The van der Waals surface area contributed by atoms with Crippen molar-refractivity contribution < 1.29 is 9.47 Å². The molecule has 0 N–H and O–H groups in total. The van der Waals surface area contributed by atoms with Crippen LogP contribution in [0.25, 0.3) is 0 Å². The zero-order chi connectivity index (χ0) is 13.8. The fourth-order valence-electron chi connectivity index (χ4n) is 2.66. The summed E-state index contributed by atoms with van der Waals surface area (Å²) in [5.41, 5.74) is 2.88. The van der Waals surface area contributed by atoms with E-state index < -0.39 is 5.79 Å². The van der Waals surface area contributed by atoms with Gasteiger partial charge in [0, 0.05) is 5.41 Å². The molecule has 18 heavy (non-hydrogen) atoms. The Bertz CT molecular complexity index is 325. The lowest BCUT2D eigenvalue weighted by molar-refractivity contribution is -0.293. The van der Waals surface area contributed by atoms with Gasteiger partial charge in [-0.25, -0.2) is 0 Å². The van der Waals surface area contributed by atoms with Crippen LogP contribution in [0.3, 0.4) is 0 Å². The number of hydrogen-bond acceptors (Lipinski definition) is 2. The first-order chi connectivity index (χ1) is 8.37. The van der Waals surface area contributed by atoms with Crippen LogP contribution in [0.1, 0.15) is 34.1 Å². The molecule has 0 spiro atoms. The molecule has 0 aromatic carbocycles. The minimum Gasteiger partial charge on any atom is -0.350 e. The van der Waals surface area contributed by atoms with Crippen LogP contribution in [0.15, 0.2) is 31.0 Å². The van der Waals surface area contributed by atoms with Crippen molar-refractivity contribution in [2.45, 2.75) is 39.9 Å². The van der Waals surface area contributed by atoms with E-state index in [1.807, 2.05) is 19.9 Å². The van der Waals surface area contributed by atoms with Crippen molar-refractivity contribution in [2.24, 2.45) is 17.3 Å². The third-order valence-electron chi connectivity index (χ3n) is 3.69. The Kier molecular flexibility index (Phi) is 4.98. The van der Waals surface area contributed by atoms with Gasteiger partial charge in [-0.15, -0.1) is 12.3 Å². The molecule has 2 heteroatoms. The molecule has 1 atom stereocenters. The van der Waals surface area contributed by atoms with Crippen LogP contribution < -0.4 is 0 Å². The van der Waals surface area contributed by atoms with Gasteiger partial charge in [-0.1, -0.05) is 26.5 Å². The lowest BCUT2D eigenvalue weighted by Crippen LogP contribution is -2.50.